The van der Waals surface area contributed by atoms with Gasteiger partial charge in [0.1, 0.15) is 0 Å². The van der Waals surface area contributed by atoms with Gasteiger partial charge in [-0.25, -0.2) is 0 Å². The number of rotatable bonds is 2. The maximum Gasteiger partial charge on any atom is 0.0576 e. The number of likely N-dealkylation sites (tertiary alicyclic amines) is 1. The first-order valence-corrected chi connectivity index (χ1v) is 3.68. The Kier molecular flexibility index (Phi) is 2.73. The van der Waals surface area contributed by atoms with Crippen LogP contribution in [0.4, 0.5) is 0 Å². The predicted octanol–water partition coefficient (Wildman–Crippen LogP) is -0.0867. The molecule has 0 spiro atoms. The fourth-order valence-corrected chi connectivity index (χ4v) is 1.30. The number of nitrogens with zero attached hydrogens (tertiary/aromatic N) is 1. The van der Waals surface area contributed by atoms with Gasteiger partial charge in [0.05, 0.1) is 6.54 Å². The first kappa shape index (κ1) is 7.59. The van der Waals surface area contributed by atoms with E-state index in [0.717, 1.165) is 6.54 Å². The topological polar surface area (TPSA) is 15.3 Å². The van der Waals surface area contributed by atoms with Gasteiger partial charge in [-0.3, -0.25) is 0 Å². The Morgan fingerprint density at radius 3 is 3.10 bits per heavy atom. The van der Waals surface area contributed by atoms with E-state index < -0.39 is 0 Å². The van der Waals surface area contributed by atoms with Crippen molar-refractivity contribution in [3.8, 4) is 12.3 Å². The Balaban J connectivity index is 2.14. The Labute approximate surface area is 62.6 Å². The molecular formula is C8H14N2. The molecule has 0 saturated carbocycles. The van der Waals surface area contributed by atoms with Crippen molar-refractivity contribution in [2.45, 2.75) is 12.5 Å². The van der Waals surface area contributed by atoms with Gasteiger partial charge < -0.3 is 10.2 Å². The second-order valence-corrected chi connectivity index (χ2v) is 2.83. The predicted molar refractivity (Wildman–Crippen MR) is 42.7 cm³/mol. The smallest absolute Gasteiger partial charge is 0.0576 e. The molecule has 2 heteroatoms. The summed E-state index contributed by atoms with van der Waals surface area (Å²) in [6.07, 6.45) is 6.35. The van der Waals surface area contributed by atoms with E-state index in [-0.39, 0.29) is 0 Å². The molecule has 0 aromatic carbocycles. The zero-order valence-electron chi connectivity index (χ0n) is 6.43. The number of hydrogen-bond acceptors (Lipinski definition) is 2. The molecule has 0 radical (unpaired) electrons. The maximum absolute atomic E-state index is 5.12. The summed E-state index contributed by atoms with van der Waals surface area (Å²) < 4.78 is 0. The SMILES string of the molecule is C#CCN[C@@H]1CCN(C)C1. The largest absolute Gasteiger partial charge is 0.305 e. The van der Waals surface area contributed by atoms with Gasteiger partial charge in [-0.05, 0) is 20.0 Å². The summed E-state index contributed by atoms with van der Waals surface area (Å²) in [5.74, 6) is 2.58. The zero-order chi connectivity index (χ0) is 7.40. The third kappa shape index (κ3) is 2.02. The summed E-state index contributed by atoms with van der Waals surface area (Å²) in [7, 11) is 2.14. The van der Waals surface area contributed by atoms with Crippen LogP contribution in [0.2, 0.25) is 0 Å². The molecule has 56 valence electrons. The Hall–Kier alpha value is -0.520. The van der Waals surface area contributed by atoms with Crippen molar-refractivity contribution in [2.24, 2.45) is 0 Å². The van der Waals surface area contributed by atoms with Crippen molar-refractivity contribution in [1.29, 1.82) is 0 Å². The van der Waals surface area contributed by atoms with E-state index in [0.29, 0.717) is 12.6 Å². The van der Waals surface area contributed by atoms with Gasteiger partial charge in [0.25, 0.3) is 0 Å². The first-order valence-electron chi connectivity index (χ1n) is 3.68. The highest BCUT2D eigenvalue weighted by Crippen LogP contribution is 2.04. The third-order valence-corrected chi connectivity index (χ3v) is 1.88. The zero-order valence-corrected chi connectivity index (χ0v) is 6.43. The van der Waals surface area contributed by atoms with Gasteiger partial charge in [0.2, 0.25) is 0 Å². The summed E-state index contributed by atoms with van der Waals surface area (Å²) in [4.78, 5) is 2.31. The lowest BCUT2D eigenvalue weighted by atomic mass is 10.3. The van der Waals surface area contributed by atoms with Gasteiger partial charge in [-0.2, -0.15) is 0 Å². The molecule has 0 unspecified atom stereocenters. The van der Waals surface area contributed by atoms with Gasteiger partial charge in [-0.15, -0.1) is 6.42 Å². The lowest BCUT2D eigenvalue weighted by Gasteiger charge is -2.09. The van der Waals surface area contributed by atoms with Crippen molar-refractivity contribution in [3.63, 3.8) is 0 Å². The quantitative estimate of drug-likeness (QED) is 0.537. The minimum Gasteiger partial charge on any atom is -0.305 e. The van der Waals surface area contributed by atoms with Crippen LogP contribution in [0.5, 0.6) is 0 Å². The van der Waals surface area contributed by atoms with Crippen LogP contribution in [0.15, 0.2) is 0 Å². The number of hydrogen-bond donors (Lipinski definition) is 1. The molecule has 1 aliphatic rings. The summed E-state index contributed by atoms with van der Waals surface area (Å²) >= 11 is 0. The standard InChI is InChI=1S/C8H14N2/c1-3-5-9-8-4-6-10(2)7-8/h1,8-9H,4-7H2,2H3/t8-/m1/s1. The second-order valence-electron chi connectivity index (χ2n) is 2.83. The van der Waals surface area contributed by atoms with Crippen LogP contribution in [-0.2, 0) is 0 Å². The van der Waals surface area contributed by atoms with E-state index in [2.05, 4.69) is 23.2 Å². The first-order chi connectivity index (χ1) is 4.83. The maximum atomic E-state index is 5.12. The second kappa shape index (κ2) is 3.60. The monoisotopic (exact) mass is 138 g/mol. The molecular weight excluding hydrogens is 124 g/mol. The van der Waals surface area contributed by atoms with E-state index >= 15 is 0 Å². The normalized spacial score (nSPS) is 26.6. The molecule has 0 aromatic rings. The highest BCUT2D eigenvalue weighted by atomic mass is 15.2. The van der Waals surface area contributed by atoms with Crippen LogP contribution in [0, 0.1) is 12.3 Å². The molecule has 1 heterocycles. The Morgan fingerprint density at radius 1 is 1.80 bits per heavy atom. The molecule has 10 heavy (non-hydrogen) atoms. The fraction of sp³-hybridized carbons (Fsp3) is 0.750. The van der Waals surface area contributed by atoms with Crippen LogP contribution in [0.25, 0.3) is 0 Å². The highest BCUT2D eigenvalue weighted by Gasteiger charge is 2.17. The summed E-state index contributed by atoms with van der Waals surface area (Å²) in [5.41, 5.74) is 0. The average Bonchev–Trinajstić information content (AvgIpc) is 2.31. The fourth-order valence-electron chi connectivity index (χ4n) is 1.30. The number of likely N-dealkylation sites (N-methyl/N-ethyl adjacent to an activating group) is 1. The molecule has 1 N–H and O–H groups in total. The van der Waals surface area contributed by atoms with E-state index in [1.807, 2.05) is 0 Å². The highest BCUT2D eigenvalue weighted by molar-refractivity contribution is 4.90. The van der Waals surface area contributed by atoms with Crippen LogP contribution in [-0.4, -0.2) is 37.6 Å². The Bertz CT molecular complexity index is 137. The summed E-state index contributed by atoms with van der Waals surface area (Å²) in [6, 6.07) is 0.626. The van der Waals surface area contributed by atoms with Gasteiger partial charge in [0, 0.05) is 12.6 Å². The van der Waals surface area contributed by atoms with Crippen molar-refractivity contribution >= 4 is 0 Å². The summed E-state index contributed by atoms with van der Waals surface area (Å²) in [5, 5.41) is 3.28. The van der Waals surface area contributed by atoms with Crippen LogP contribution >= 0.6 is 0 Å². The molecule has 0 aliphatic carbocycles. The molecule has 2 nitrogen and oxygen atoms in total. The molecule has 1 saturated heterocycles. The molecule has 1 rings (SSSR count). The van der Waals surface area contributed by atoms with Crippen LogP contribution in [0.1, 0.15) is 6.42 Å². The van der Waals surface area contributed by atoms with Crippen molar-refractivity contribution in [3.05, 3.63) is 0 Å². The van der Waals surface area contributed by atoms with Crippen LogP contribution in [0.3, 0.4) is 0 Å². The molecule has 0 amide bonds. The average molecular weight is 138 g/mol. The lowest BCUT2D eigenvalue weighted by Crippen LogP contribution is -2.31. The lowest BCUT2D eigenvalue weighted by molar-refractivity contribution is 0.401. The number of terminal acetylenes is 1. The minimum atomic E-state index is 0.626. The van der Waals surface area contributed by atoms with Crippen molar-refractivity contribution in [1.82, 2.24) is 10.2 Å². The van der Waals surface area contributed by atoms with E-state index in [1.54, 1.807) is 0 Å². The van der Waals surface area contributed by atoms with Crippen LogP contribution < -0.4 is 5.32 Å². The Morgan fingerprint density at radius 2 is 2.60 bits per heavy atom. The number of nitrogens with one attached hydrogen (secondary N) is 1. The minimum absolute atomic E-state index is 0.626. The molecule has 0 aromatic heterocycles. The van der Waals surface area contributed by atoms with Crippen molar-refractivity contribution in [2.75, 3.05) is 26.7 Å². The van der Waals surface area contributed by atoms with E-state index in [4.69, 9.17) is 6.42 Å². The molecule has 1 fully saturated rings. The third-order valence-electron chi connectivity index (χ3n) is 1.88. The van der Waals surface area contributed by atoms with Gasteiger partial charge in [-0.1, -0.05) is 5.92 Å². The molecule has 1 atom stereocenters. The van der Waals surface area contributed by atoms with E-state index in [9.17, 15) is 0 Å². The molecule has 1 aliphatic heterocycles. The molecule has 0 bridgehead atoms. The van der Waals surface area contributed by atoms with E-state index in [1.165, 1.54) is 13.0 Å². The van der Waals surface area contributed by atoms with Gasteiger partial charge >= 0.3 is 0 Å². The van der Waals surface area contributed by atoms with Gasteiger partial charge in [0.15, 0.2) is 0 Å². The summed E-state index contributed by atoms with van der Waals surface area (Å²) in [6.45, 7) is 3.04. The van der Waals surface area contributed by atoms with Crippen molar-refractivity contribution < 1.29 is 0 Å².